The van der Waals surface area contributed by atoms with Crippen LogP contribution in [0.2, 0.25) is 0 Å². The van der Waals surface area contributed by atoms with E-state index in [1.807, 2.05) is 6.07 Å². The second-order valence-corrected chi connectivity index (χ2v) is 5.27. The van der Waals surface area contributed by atoms with E-state index in [2.05, 4.69) is 29.4 Å². The SMILES string of the molecule is CC(C)c1cc(NC(=O)CC2CCCC2)n[nH]1. The minimum absolute atomic E-state index is 0.0960. The van der Waals surface area contributed by atoms with Crippen molar-refractivity contribution < 1.29 is 4.79 Å². The summed E-state index contributed by atoms with van der Waals surface area (Å²) in [5, 5.41) is 9.90. The lowest BCUT2D eigenvalue weighted by molar-refractivity contribution is -0.117. The number of anilines is 1. The number of nitrogens with one attached hydrogen (secondary N) is 2. The van der Waals surface area contributed by atoms with E-state index in [4.69, 9.17) is 0 Å². The lowest BCUT2D eigenvalue weighted by Crippen LogP contribution is -2.15. The Bertz CT molecular complexity index is 378. The molecule has 1 heterocycles. The van der Waals surface area contributed by atoms with Gasteiger partial charge in [0.2, 0.25) is 5.91 Å². The van der Waals surface area contributed by atoms with Gasteiger partial charge in [-0.15, -0.1) is 0 Å². The molecule has 94 valence electrons. The van der Waals surface area contributed by atoms with Gasteiger partial charge < -0.3 is 5.32 Å². The van der Waals surface area contributed by atoms with Crippen LogP contribution in [0.25, 0.3) is 0 Å². The van der Waals surface area contributed by atoms with Crippen LogP contribution in [0.1, 0.15) is 57.6 Å². The second kappa shape index (κ2) is 5.34. The number of hydrogen-bond acceptors (Lipinski definition) is 2. The molecule has 0 saturated heterocycles. The maximum Gasteiger partial charge on any atom is 0.225 e. The number of rotatable bonds is 4. The van der Waals surface area contributed by atoms with Gasteiger partial charge in [-0.3, -0.25) is 9.89 Å². The van der Waals surface area contributed by atoms with Crippen LogP contribution in [0, 0.1) is 5.92 Å². The van der Waals surface area contributed by atoms with Crippen LogP contribution in [0.5, 0.6) is 0 Å². The fraction of sp³-hybridized carbons (Fsp3) is 0.692. The standard InChI is InChI=1S/C13H21N3O/c1-9(2)11-8-12(16-15-11)14-13(17)7-10-5-3-4-6-10/h8-10H,3-7H2,1-2H3,(H2,14,15,16,17). The van der Waals surface area contributed by atoms with Crippen molar-refractivity contribution in [2.24, 2.45) is 5.92 Å². The van der Waals surface area contributed by atoms with Gasteiger partial charge in [0.15, 0.2) is 5.82 Å². The third-order valence-corrected chi connectivity index (χ3v) is 3.44. The molecule has 0 aliphatic heterocycles. The molecule has 0 radical (unpaired) electrons. The van der Waals surface area contributed by atoms with Crippen molar-refractivity contribution in [1.29, 1.82) is 0 Å². The highest BCUT2D eigenvalue weighted by Crippen LogP contribution is 2.27. The van der Waals surface area contributed by atoms with E-state index in [-0.39, 0.29) is 5.91 Å². The largest absolute Gasteiger partial charge is 0.309 e. The molecule has 1 aliphatic rings. The number of carbonyl (C=O) groups excluding carboxylic acids is 1. The minimum atomic E-state index is 0.0960. The van der Waals surface area contributed by atoms with Crippen molar-refractivity contribution in [3.05, 3.63) is 11.8 Å². The number of nitrogens with zero attached hydrogens (tertiary/aromatic N) is 1. The Hall–Kier alpha value is -1.32. The second-order valence-electron chi connectivity index (χ2n) is 5.27. The number of carbonyl (C=O) groups is 1. The zero-order valence-electron chi connectivity index (χ0n) is 10.6. The highest BCUT2D eigenvalue weighted by atomic mass is 16.1. The van der Waals surface area contributed by atoms with Crippen LogP contribution >= 0.6 is 0 Å². The lowest BCUT2D eigenvalue weighted by Gasteiger charge is -2.07. The fourth-order valence-electron chi connectivity index (χ4n) is 2.37. The molecule has 17 heavy (non-hydrogen) atoms. The molecule has 0 aromatic carbocycles. The van der Waals surface area contributed by atoms with Crippen LogP contribution in [0.4, 0.5) is 5.82 Å². The van der Waals surface area contributed by atoms with E-state index in [9.17, 15) is 4.79 Å². The van der Waals surface area contributed by atoms with E-state index in [1.165, 1.54) is 25.7 Å². The van der Waals surface area contributed by atoms with Crippen LogP contribution in [0.3, 0.4) is 0 Å². The number of H-pyrrole nitrogens is 1. The molecule has 1 saturated carbocycles. The molecular formula is C13H21N3O. The number of aromatic nitrogens is 2. The fourth-order valence-corrected chi connectivity index (χ4v) is 2.37. The highest BCUT2D eigenvalue weighted by molar-refractivity contribution is 5.89. The maximum atomic E-state index is 11.8. The third-order valence-electron chi connectivity index (χ3n) is 3.44. The quantitative estimate of drug-likeness (QED) is 0.842. The summed E-state index contributed by atoms with van der Waals surface area (Å²) in [5.74, 6) is 1.73. The normalized spacial score (nSPS) is 16.6. The average molecular weight is 235 g/mol. The first-order valence-electron chi connectivity index (χ1n) is 6.50. The minimum Gasteiger partial charge on any atom is -0.309 e. The van der Waals surface area contributed by atoms with Crippen molar-refractivity contribution in [3.8, 4) is 0 Å². The summed E-state index contributed by atoms with van der Waals surface area (Å²) >= 11 is 0. The number of aromatic amines is 1. The van der Waals surface area contributed by atoms with Crippen molar-refractivity contribution in [3.63, 3.8) is 0 Å². The average Bonchev–Trinajstić information content (AvgIpc) is 2.88. The van der Waals surface area contributed by atoms with Crippen molar-refractivity contribution in [1.82, 2.24) is 10.2 Å². The molecule has 0 atom stereocenters. The lowest BCUT2D eigenvalue weighted by atomic mass is 10.0. The Morgan fingerprint density at radius 1 is 1.53 bits per heavy atom. The van der Waals surface area contributed by atoms with E-state index in [1.54, 1.807) is 0 Å². The molecule has 1 fully saturated rings. The Balaban J connectivity index is 1.84. The number of hydrogen-bond donors (Lipinski definition) is 2. The zero-order chi connectivity index (χ0) is 12.3. The summed E-state index contributed by atoms with van der Waals surface area (Å²) in [5.41, 5.74) is 1.06. The molecule has 1 aromatic heterocycles. The first-order chi connectivity index (χ1) is 8.15. The monoisotopic (exact) mass is 235 g/mol. The van der Waals surface area contributed by atoms with Gasteiger partial charge in [-0.25, -0.2) is 0 Å². The predicted octanol–water partition coefficient (Wildman–Crippen LogP) is 3.05. The van der Waals surface area contributed by atoms with Gasteiger partial charge in [0, 0.05) is 18.2 Å². The Morgan fingerprint density at radius 2 is 2.24 bits per heavy atom. The van der Waals surface area contributed by atoms with Crippen LogP contribution in [-0.4, -0.2) is 16.1 Å². The third kappa shape index (κ3) is 3.32. The molecule has 2 N–H and O–H groups in total. The highest BCUT2D eigenvalue weighted by Gasteiger charge is 2.18. The summed E-state index contributed by atoms with van der Waals surface area (Å²) < 4.78 is 0. The summed E-state index contributed by atoms with van der Waals surface area (Å²) in [6.45, 7) is 4.19. The van der Waals surface area contributed by atoms with Crippen LogP contribution in [0.15, 0.2) is 6.07 Å². The molecule has 4 nitrogen and oxygen atoms in total. The summed E-state index contributed by atoms with van der Waals surface area (Å²) in [6, 6.07) is 1.91. The maximum absolute atomic E-state index is 11.8. The van der Waals surface area contributed by atoms with Gasteiger partial charge in [-0.05, 0) is 24.7 Å². The summed E-state index contributed by atoms with van der Waals surface area (Å²) in [4.78, 5) is 11.8. The first-order valence-corrected chi connectivity index (χ1v) is 6.50. The molecule has 1 amide bonds. The van der Waals surface area contributed by atoms with Crippen molar-refractivity contribution >= 4 is 11.7 Å². The molecule has 1 aliphatic carbocycles. The molecule has 1 aromatic rings. The van der Waals surface area contributed by atoms with Gasteiger partial charge in [-0.1, -0.05) is 26.7 Å². The summed E-state index contributed by atoms with van der Waals surface area (Å²) in [7, 11) is 0. The van der Waals surface area contributed by atoms with Gasteiger partial charge in [-0.2, -0.15) is 5.10 Å². The molecule has 0 spiro atoms. The van der Waals surface area contributed by atoms with Gasteiger partial charge in [0.25, 0.3) is 0 Å². The molecule has 0 bridgehead atoms. The van der Waals surface area contributed by atoms with Gasteiger partial charge >= 0.3 is 0 Å². The van der Waals surface area contributed by atoms with E-state index < -0.39 is 0 Å². The molecule has 4 heteroatoms. The van der Waals surface area contributed by atoms with Gasteiger partial charge in [0.05, 0.1) is 0 Å². The van der Waals surface area contributed by atoms with Crippen LogP contribution in [-0.2, 0) is 4.79 Å². The molecular weight excluding hydrogens is 214 g/mol. The van der Waals surface area contributed by atoms with Crippen molar-refractivity contribution in [2.45, 2.75) is 51.9 Å². The van der Waals surface area contributed by atoms with E-state index in [0.29, 0.717) is 24.1 Å². The summed E-state index contributed by atoms with van der Waals surface area (Å²) in [6.07, 6.45) is 5.59. The topological polar surface area (TPSA) is 57.8 Å². The predicted molar refractivity (Wildman–Crippen MR) is 67.9 cm³/mol. The van der Waals surface area contributed by atoms with Crippen molar-refractivity contribution in [2.75, 3.05) is 5.32 Å². The smallest absolute Gasteiger partial charge is 0.225 e. The number of amides is 1. The Labute approximate surface area is 102 Å². The van der Waals surface area contributed by atoms with E-state index in [0.717, 1.165) is 5.69 Å². The Kier molecular flexibility index (Phi) is 3.82. The first kappa shape index (κ1) is 12.1. The Morgan fingerprint density at radius 3 is 2.82 bits per heavy atom. The molecule has 0 unspecified atom stereocenters. The molecule has 2 rings (SSSR count). The van der Waals surface area contributed by atoms with E-state index >= 15 is 0 Å². The van der Waals surface area contributed by atoms with Crippen LogP contribution < -0.4 is 5.32 Å². The zero-order valence-corrected chi connectivity index (χ0v) is 10.6. The van der Waals surface area contributed by atoms with Gasteiger partial charge in [0.1, 0.15) is 0 Å².